The Hall–Kier alpha value is -1.95. The largest absolute Gasteiger partial charge is 0.454 e. The maximum absolute atomic E-state index is 12.6. The van der Waals surface area contributed by atoms with E-state index in [1.807, 2.05) is 24.0 Å². The molecular weight excluding hydrogens is 296 g/mol. The molecule has 2 aliphatic rings. The molecule has 1 fully saturated rings. The summed E-state index contributed by atoms with van der Waals surface area (Å²) in [6.45, 7) is 5.72. The van der Waals surface area contributed by atoms with Crippen molar-refractivity contribution < 1.29 is 19.0 Å². The highest BCUT2D eigenvalue weighted by Gasteiger charge is 2.29. The highest BCUT2D eigenvalue weighted by molar-refractivity contribution is 5.90. The number of ether oxygens (including phenoxy) is 3. The molecule has 1 aromatic rings. The first-order valence-corrected chi connectivity index (χ1v) is 8.02. The number of benzene rings is 1. The average Bonchev–Trinajstić information content (AvgIpc) is 2.87. The molecule has 1 atom stereocenters. The van der Waals surface area contributed by atoms with Crippen LogP contribution in [0.5, 0.6) is 11.5 Å². The van der Waals surface area contributed by atoms with Crippen molar-refractivity contribution in [1.29, 1.82) is 0 Å². The fraction of sp³-hybridized carbons (Fsp3) is 0.588. The van der Waals surface area contributed by atoms with Gasteiger partial charge in [0.15, 0.2) is 11.5 Å². The molecule has 1 aromatic carbocycles. The Labute approximate surface area is 136 Å². The third-order valence-corrected chi connectivity index (χ3v) is 4.79. The van der Waals surface area contributed by atoms with Crippen molar-refractivity contribution in [1.82, 2.24) is 4.90 Å². The lowest BCUT2D eigenvalue weighted by molar-refractivity contribution is -0.00491. The molecule has 0 aliphatic carbocycles. The Bertz CT molecular complexity index is 605. The summed E-state index contributed by atoms with van der Waals surface area (Å²) >= 11 is 0. The zero-order chi connectivity index (χ0) is 16.4. The molecule has 126 valence electrons. The minimum absolute atomic E-state index is 0.0766. The van der Waals surface area contributed by atoms with E-state index in [1.165, 1.54) is 0 Å². The minimum Gasteiger partial charge on any atom is -0.454 e. The van der Waals surface area contributed by atoms with E-state index in [0.29, 0.717) is 12.3 Å². The predicted molar refractivity (Wildman–Crippen MR) is 87.2 cm³/mol. The molecule has 0 saturated carbocycles. The molecule has 0 bridgehead atoms. The van der Waals surface area contributed by atoms with E-state index in [4.69, 9.17) is 14.2 Å². The van der Waals surface area contributed by atoms with Gasteiger partial charge in [0, 0.05) is 32.0 Å². The third kappa shape index (κ3) is 3.37. The number of anilines is 1. The van der Waals surface area contributed by atoms with Crippen LogP contribution in [0, 0.1) is 6.92 Å². The molecule has 2 aliphatic heterocycles. The topological polar surface area (TPSA) is 60.0 Å². The molecule has 3 rings (SSSR count). The Morgan fingerprint density at radius 1 is 1.26 bits per heavy atom. The lowest BCUT2D eigenvalue weighted by Gasteiger charge is -2.26. The predicted octanol–water partition coefficient (Wildman–Crippen LogP) is 3.15. The van der Waals surface area contributed by atoms with Crippen molar-refractivity contribution in [3.8, 4) is 11.5 Å². The van der Waals surface area contributed by atoms with Gasteiger partial charge in [-0.2, -0.15) is 0 Å². The van der Waals surface area contributed by atoms with Gasteiger partial charge in [0.25, 0.3) is 0 Å². The van der Waals surface area contributed by atoms with Crippen LogP contribution in [0.2, 0.25) is 0 Å². The normalized spacial score (nSPS) is 23.5. The van der Waals surface area contributed by atoms with E-state index < -0.39 is 0 Å². The molecule has 0 radical (unpaired) electrons. The third-order valence-electron chi connectivity index (χ3n) is 4.79. The summed E-state index contributed by atoms with van der Waals surface area (Å²) in [5.41, 5.74) is 1.58. The number of nitrogens with one attached hydrogen (secondary N) is 1. The molecule has 0 spiro atoms. The second-order valence-corrected chi connectivity index (χ2v) is 6.45. The van der Waals surface area contributed by atoms with Crippen LogP contribution in [0.4, 0.5) is 10.5 Å². The zero-order valence-corrected chi connectivity index (χ0v) is 14.0. The Kier molecular flexibility index (Phi) is 4.35. The molecule has 0 aromatic heterocycles. The van der Waals surface area contributed by atoms with E-state index in [9.17, 15) is 4.79 Å². The molecule has 0 unspecified atom stereocenters. The SMILES string of the molecule is CO[C@]1(C)CCCN(C(=O)Nc2cc3c(cc2C)OCO3)CC1. The second kappa shape index (κ2) is 6.28. The summed E-state index contributed by atoms with van der Waals surface area (Å²) in [6, 6.07) is 3.64. The maximum atomic E-state index is 12.6. The van der Waals surface area contributed by atoms with Crippen LogP contribution < -0.4 is 14.8 Å². The number of amides is 2. The lowest BCUT2D eigenvalue weighted by atomic mass is 9.97. The van der Waals surface area contributed by atoms with E-state index >= 15 is 0 Å². The van der Waals surface area contributed by atoms with Crippen molar-refractivity contribution in [3.63, 3.8) is 0 Å². The van der Waals surface area contributed by atoms with Gasteiger partial charge in [-0.1, -0.05) is 0 Å². The molecular formula is C17H24N2O4. The van der Waals surface area contributed by atoms with Gasteiger partial charge in [-0.05, 0) is 44.7 Å². The number of aryl methyl sites for hydroxylation is 1. The van der Waals surface area contributed by atoms with Crippen LogP contribution in [0.15, 0.2) is 12.1 Å². The van der Waals surface area contributed by atoms with Crippen LogP contribution >= 0.6 is 0 Å². The van der Waals surface area contributed by atoms with Crippen LogP contribution in [0.1, 0.15) is 31.7 Å². The summed E-state index contributed by atoms with van der Waals surface area (Å²) in [7, 11) is 1.74. The molecule has 6 heteroatoms. The first-order valence-electron chi connectivity index (χ1n) is 8.02. The fourth-order valence-electron chi connectivity index (χ4n) is 3.03. The minimum atomic E-state index is -0.135. The highest BCUT2D eigenvalue weighted by Crippen LogP contribution is 2.36. The summed E-state index contributed by atoms with van der Waals surface area (Å²) in [6.07, 6.45) is 2.76. The van der Waals surface area contributed by atoms with E-state index in [0.717, 1.165) is 42.8 Å². The summed E-state index contributed by atoms with van der Waals surface area (Å²) in [4.78, 5) is 14.4. The van der Waals surface area contributed by atoms with Gasteiger partial charge >= 0.3 is 6.03 Å². The quantitative estimate of drug-likeness (QED) is 0.909. The summed E-state index contributed by atoms with van der Waals surface area (Å²) < 4.78 is 16.3. The van der Waals surface area contributed by atoms with Crippen LogP contribution in [0.25, 0.3) is 0 Å². The van der Waals surface area contributed by atoms with E-state index in [1.54, 1.807) is 7.11 Å². The lowest BCUT2D eigenvalue weighted by Crippen LogP contribution is -2.37. The molecule has 2 amide bonds. The highest BCUT2D eigenvalue weighted by atomic mass is 16.7. The van der Waals surface area contributed by atoms with Gasteiger partial charge in [0.2, 0.25) is 6.79 Å². The van der Waals surface area contributed by atoms with Gasteiger partial charge < -0.3 is 24.4 Å². The molecule has 2 heterocycles. The molecule has 6 nitrogen and oxygen atoms in total. The van der Waals surface area contributed by atoms with E-state index in [2.05, 4.69) is 12.2 Å². The van der Waals surface area contributed by atoms with Crippen molar-refractivity contribution in [2.75, 3.05) is 32.3 Å². The van der Waals surface area contributed by atoms with Gasteiger partial charge in [-0.3, -0.25) is 0 Å². The van der Waals surface area contributed by atoms with Crippen molar-refractivity contribution >= 4 is 11.7 Å². The van der Waals surface area contributed by atoms with E-state index in [-0.39, 0.29) is 18.4 Å². The number of hydrogen-bond donors (Lipinski definition) is 1. The van der Waals surface area contributed by atoms with Gasteiger partial charge in [-0.25, -0.2) is 4.79 Å². The number of nitrogens with zero attached hydrogens (tertiary/aromatic N) is 1. The van der Waals surface area contributed by atoms with Crippen molar-refractivity contribution in [2.45, 2.75) is 38.7 Å². The fourth-order valence-corrected chi connectivity index (χ4v) is 3.03. The number of likely N-dealkylation sites (tertiary alicyclic amines) is 1. The number of carbonyl (C=O) groups excluding carboxylic acids is 1. The Morgan fingerprint density at radius 2 is 2.00 bits per heavy atom. The first kappa shape index (κ1) is 15.9. The van der Waals surface area contributed by atoms with Crippen LogP contribution in [0.3, 0.4) is 0 Å². The number of methoxy groups -OCH3 is 1. The zero-order valence-electron chi connectivity index (χ0n) is 14.0. The average molecular weight is 320 g/mol. The molecule has 1 N–H and O–H groups in total. The summed E-state index contributed by atoms with van der Waals surface area (Å²) in [5, 5.41) is 2.99. The number of rotatable bonds is 2. The van der Waals surface area contributed by atoms with Gasteiger partial charge in [0.1, 0.15) is 0 Å². The van der Waals surface area contributed by atoms with Crippen molar-refractivity contribution in [3.05, 3.63) is 17.7 Å². The van der Waals surface area contributed by atoms with Crippen molar-refractivity contribution in [2.24, 2.45) is 0 Å². The first-order chi connectivity index (χ1) is 11.0. The standard InChI is InChI=1S/C17H24N2O4/c1-12-9-14-15(23-11-22-14)10-13(12)18-16(20)19-7-4-5-17(2,21-3)6-8-19/h9-10H,4-8,11H2,1-3H3,(H,18,20)/t17-/m1/s1. The summed E-state index contributed by atoms with van der Waals surface area (Å²) in [5.74, 6) is 1.40. The smallest absolute Gasteiger partial charge is 0.321 e. The second-order valence-electron chi connectivity index (χ2n) is 6.45. The number of hydrogen-bond acceptors (Lipinski definition) is 4. The monoisotopic (exact) mass is 320 g/mol. The number of urea groups is 1. The maximum Gasteiger partial charge on any atom is 0.321 e. The molecule has 1 saturated heterocycles. The number of carbonyl (C=O) groups is 1. The van der Waals surface area contributed by atoms with Gasteiger partial charge in [0.05, 0.1) is 5.60 Å². The number of fused-ring (bicyclic) bond motifs is 1. The van der Waals surface area contributed by atoms with Crippen LogP contribution in [-0.4, -0.2) is 43.5 Å². The Morgan fingerprint density at radius 3 is 2.74 bits per heavy atom. The van der Waals surface area contributed by atoms with Gasteiger partial charge in [-0.15, -0.1) is 0 Å². The van der Waals surface area contributed by atoms with Crippen LogP contribution in [-0.2, 0) is 4.74 Å². The Balaban J connectivity index is 1.68. The molecule has 23 heavy (non-hydrogen) atoms.